The molecule has 0 amide bonds. The fourth-order valence-electron chi connectivity index (χ4n) is 0.898. The van der Waals surface area contributed by atoms with Crippen molar-refractivity contribution in [1.82, 2.24) is 0 Å². The number of halogens is 1. The molecule has 0 aliphatic carbocycles. The topological polar surface area (TPSA) is 43.1 Å². The van der Waals surface area contributed by atoms with E-state index in [0.717, 1.165) is 0 Å². The summed E-state index contributed by atoms with van der Waals surface area (Å²) in [6.07, 6.45) is -1.50. The molecule has 0 saturated heterocycles. The Bertz CT molecular complexity index is 263. The first kappa shape index (κ1) is 8.64. The molecule has 0 aliphatic heterocycles. The van der Waals surface area contributed by atoms with Gasteiger partial charge in [-0.15, -0.1) is 0 Å². The van der Waals surface area contributed by atoms with Crippen LogP contribution in [0, 0.1) is 10.1 Å². The molecule has 0 spiro atoms. The van der Waals surface area contributed by atoms with Gasteiger partial charge in [0.1, 0.15) is 0 Å². The molecule has 0 aliphatic rings. The Labute approximate surface area is 69.0 Å². The van der Waals surface area contributed by atoms with Gasteiger partial charge in [-0.3, -0.25) is 10.1 Å². The van der Waals surface area contributed by atoms with Crippen LogP contribution in [0.2, 0.25) is 0 Å². The SMILES string of the molecule is O=[N+]([O-])CC(F)c1ccccc1. The molecular formula is C8H8FNO2. The zero-order chi connectivity index (χ0) is 8.97. The molecule has 1 aromatic rings. The highest BCUT2D eigenvalue weighted by atomic mass is 19.1. The van der Waals surface area contributed by atoms with Gasteiger partial charge in [-0.2, -0.15) is 0 Å². The van der Waals surface area contributed by atoms with Crippen LogP contribution < -0.4 is 0 Å². The van der Waals surface area contributed by atoms with Crippen LogP contribution in [-0.4, -0.2) is 11.5 Å². The lowest BCUT2D eigenvalue weighted by Gasteiger charge is -2.01. The minimum Gasteiger partial charge on any atom is -0.264 e. The second-order valence-corrected chi connectivity index (χ2v) is 2.39. The molecular weight excluding hydrogens is 161 g/mol. The van der Waals surface area contributed by atoms with Crippen LogP contribution in [0.4, 0.5) is 4.39 Å². The van der Waals surface area contributed by atoms with Gasteiger partial charge in [0.25, 0.3) is 0 Å². The van der Waals surface area contributed by atoms with Crippen molar-refractivity contribution in [2.24, 2.45) is 0 Å². The minimum absolute atomic E-state index is 0.356. The molecule has 0 fully saturated rings. The summed E-state index contributed by atoms with van der Waals surface area (Å²) in [5.74, 6) is 0. The summed E-state index contributed by atoms with van der Waals surface area (Å²) < 4.78 is 12.9. The Morgan fingerprint density at radius 1 is 1.42 bits per heavy atom. The van der Waals surface area contributed by atoms with E-state index in [2.05, 4.69) is 0 Å². The lowest BCUT2D eigenvalue weighted by Crippen LogP contribution is -2.07. The van der Waals surface area contributed by atoms with E-state index in [4.69, 9.17) is 0 Å². The first-order valence-electron chi connectivity index (χ1n) is 3.51. The van der Waals surface area contributed by atoms with Crippen LogP contribution in [0.15, 0.2) is 30.3 Å². The van der Waals surface area contributed by atoms with Crippen molar-refractivity contribution < 1.29 is 9.31 Å². The Morgan fingerprint density at radius 2 is 2.00 bits per heavy atom. The van der Waals surface area contributed by atoms with Crippen LogP contribution in [0.25, 0.3) is 0 Å². The van der Waals surface area contributed by atoms with Crippen molar-refractivity contribution in [3.63, 3.8) is 0 Å². The van der Waals surface area contributed by atoms with Crippen LogP contribution in [0.1, 0.15) is 11.7 Å². The van der Waals surface area contributed by atoms with Crippen LogP contribution >= 0.6 is 0 Å². The average Bonchev–Trinajstić information content (AvgIpc) is 2.05. The quantitative estimate of drug-likeness (QED) is 0.512. The smallest absolute Gasteiger partial charge is 0.238 e. The molecule has 1 unspecified atom stereocenters. The summed E-state index contributed by atoms with van der Waals surface area (Å²) in [6.45, 7) is -0.663. The zero-order valence-corrected chi connectivity index (χ0v) is 6.31. The maximum Gasteiger partial charge on any atom is 0.238 e. The Balaban J connectivity index is 2.65. The first-order chi connectivity index (χ1) is 5.70. The van der Waals surface area contributed by atoms with E-state index in [1.165, 1.54) is 12.1 Å². The van der Waals surface area contributed by atoms with Gasteiger partial charge in [0, 0.05) is 4.92 Å². The highest BCUT2D eigenvalue weighted by Crippen LogP contribution is 2.16. The summed E-state index contributed by atoms with van der Waals surface area (Å²) in [4.78, 5) is 9.29. The molecule has 12 heavy (non-hydrogen) atoms. The van der Waals surface area contributed by atoms with Gasteiger partial charge in [-0.05, 0) is 5.56 Å². The van der Waals surface area contributed by atoms with E-state index >= 15 is 0 Å². The van der Waals surface area contributed by atoms with E-state index in [-0.39, 0.29) is 0 Å². The normalized spacial score (nSPS) is 12.4. The van der Waals surface area contributed by atoms with Crippen molar-refractivity contribution in [1.29, 1.82) is 0 Å². The van der Waals surface area contributed by atoms with Crippen molar-refractivity contribution in [3.05, 3.63) is 46.0 Å². The third kappa shape index (κ3) is 2.30. The Kier molecular flexibility index (Phi) is 2.74. The Morgan fingerprint density at radius 3 is 2.50 bits per heavy atom. The van der Waals surface area contributed by atoms with E-state index in [1.54, 1.807) is 18.2 Å². The molecule has 0 aromatic heterocycles. The molecule has 1 rings (SSSR count). The van der Waals surface area contributed by atoms with Crippen molar-refractivity contribution in [2.45, 2.75) is 6.17 Å². The minimum atomic E-state index is -1.50. The summed E-state index contributed by atoms with van der Waals surface area (Å²) in [7, 11) is 0. The number of nitrogens with zero attached hydrogens (tertiary/aromatic N) is 1. The molecule has 1 aromatic carbocycles. The zero-order valence-electron chi connectivity index (χ0n) is 6.31. The third-order valence-electron chi connectivity index (χ3n) is 1.47. The number of benzene rings is 1. The number of hydrogen-bond acceptors (Lipinski definition) is 2. The van der Waals surface area contributed by atoms with Gasteiger partial charge in [-0.25, -0.2) is 4.39 Å². The number of hydrogen-bond donors (Lipinski definition) is 0. The first-order valence-corrected chi connectivity index (χ1v) is 3.51. The van der Waals surface area contributed by atoms with Gasteiger partial charge in [0.15, 0.2) is 6.17 Å². The maximum atomic E-state index is 12.9. The predicted molar refractivity (Wildman–Crippen MR) is 42.2 cm³/mol. The molecule has 1 atom stereocenters. The summed E-state index contributed by atoms with van der Waals surface area (Å²) >= 11 is 0. The van der Waals surface area contributed by atoms with Crippen LogP contribution in [0.5, 0.6) is 0 Å². The number of nitro groups is 1. The van der Waals surface area contributed by atoms with Gasteiger partial charge >= 0.3 is 0 Å². The third-order valence-corrected chi connectivity index (χ3v) is 1.47. The van der Waals surface area contributed by atoms with Gasteiger partial charge in [-0.1, -0.05) is 30.3 Å². The molecule has 0 saturated carbocycles. The van der Waals surface area contributed by atoms with E-state index in [1.807, 2.05) is 0 Å². The van der Waals surface area contributed by atoms with Crippen molar-refractivity contribution >= 4 is 0 Å². The largest absolute Gasteiger partial charge is 0.264 e. The number of alkyl halides is 1. The fraction of sp³-hybridized carbons (Fsp3) is 0.250. The predicted octanol–water partition coefficient (Wildman–Crippen LogP) is 1.97. The van der Waals surface area contributed by atoms with Crippen LogP contribution in [-0.2, 0) is 0 Å². The highest BCUT2D eigenvalue weighted by molar-refractivity contribution is 5.17. The van der Waals surface area contributed by atoms with Crippen LogP contribution in [0.3, 0.4) is 0 Å². The van der Waals surface area contributed by atoms with Crippen molar-refractivity contribution in [2.75, 3.05) is 6.54 Å². The molecule has 64 valence electrons. The lowest BCUT2D eigenvalue weighted by molar-refractivity contribution is -0.488. The monoisotopic (exact) mass is 169 g/mol. The second-order valence-electron chi connectivity index (χ2n) is 2.39. The molecule has 4 heteroatoms. The fourth-order valence-corrected chi connectivity index (χ4v) is 0.898. The van der Waals surface area contributed by atoms with E-state index < -0.39 is 17.6 Å². The summed E-state index contributed by atoms with van der Waals surface area (Å²) in [6, 6.07) is 8.12. The molecule has 0 N–H and O–H groups in total. The van der Waals surface area contributed by atoms with Gasteiger partial charge in [0.2, 0.25) is 6.54 Å². The van der Waals surface area contributed by atoms with Gasteiger partial charge in [0.05, 0.1) is 0 Å². The highest BCUT2D eigenvalue weighted by Gasteiger charge is 2.14. The second kappa shape index (κ2) is 3.80. The summed E-state index contributed by atoms with van der Waals surface area (Å²) in [5.41, 5.74) is 0.356. The van der Waals surface area contributed by atoms with E-state index in [9.17, 15) is 14.5 Å². The Hall–Kier alpha value is -1.45. The molecule has 0 radical (unpaired) electrons. The molecule has 0 heterocycles. The summed E-state index contributed by atoms with van der Waals surface area (Å²) in [5, 5.41) is 9.95. The van der Waals surface area contributed by atoms with Crippen molar-refractivity contribution in [3.8, 4) is 0 Å². The number of rotatable bonds is 3. The standard InChI is InChI=1S/C8H8FNO2/c9-8(6-10(11)12)7-4-2-1-3-5-7/h1-5,8H,6H2. The average molecular weight is 169 g/mol. The molecule has 0 bridgehead atoms. The lowest BCUT2D eigenvalue weighted by atomic mass is 10.1. The van der Waals surface area contributed by atoms with Gasteiger partial charge < -0.3 is 0 Å². The van der Waals surface area contributed by atoms with E-state index in [0.29, 0.717) is 5.56 Å². The molecule has 3 nitrogen and oxygen atoms in total. The maximum absolute atomic E-state index is 12.9.